The van der Waals surface area contributed by atoms with Crippen LogP contribution >= 0.6 is 23.2 Å². The molecule has 5 heterocycles. The molecular weight excluding hydrogens is 773 g/mol. The molecular formula is C45H45Cl2N7O4. The molecule has 0 saturated heterocycles. The lowest BCUT2D eigenvalue weighted by atomic mass is 9.98. The van der Waals surface area contributed by atoms with Gasteiger partial charge in [0.2, 0.25) is 0 Å². The summed E-state index contributed by atoms with van der Waals surface area (Å²) in [7, 11) is 3.74. The quantitative estimate of drug-likeness (QED) is 0.125. The number of aryl methyl sites for hydroxylation is 6. The van der Waals surface area contributed by atoms with Gasteiger partial charge in [-0.1, -0.05) is 35.3 Å². The second kappa shape index (κ2) is 15.2. The Morgan fingerprint density at radius 2 is 1.74 bits per heavy atom. The summed E-state index contributed by atoms with van der Waals surface area (Å²) in [6.07, 6.45) is 4.53. The van der Waals surface area contributed by atoms with Gasteiger partial charge in [-0.3, -0.25) is 14.5 Å². The zero-order valence-electron chi connectivity index (χ0n) is 33.6. The maximum absolute atomic E-state index is 15.4. The van der Waals surface area contributed by atoms with E-state index in [0.29, 0.717) is 65.5 Å². The summed E-state index contributed by atoms with van der Waals surface area (Å²) in [5, 5.41) is 21.2. The topological polar surface area (TPSA) is 119 Å². The van der Waals surface area contributed by atoms with Crippen LogP contribution in [-0.2, 0) is 27.1 Å². The van der Waals surface area contributed by atoms with Gasteiger partial charge < -0.3 is 29.2 Å². The van der Waals surface area contributed by atoms with Gasteiger partial charge in [0.05, 0.1) is 51.8 Å². The summed E-state index contributed by atoms with van der Waals surface area (Å²) < 4.78 is 12.1. The minimum atomic E-state index is -1.05. The largest absolute Gasteiger partial charge is 0.494 e. The number of benzene rings is 3. The van der Waals surface area contributed by atoms with E-state index in [1.807, 2.05) is 101 Å². The second-order valence-corrected chi connectivity index (χ2v) is 16.1. The molecule has 58 heavy (non-hydrogen) atoms. The first-order valence-corrected chi connectivity index (χ1v) is 20.1. The van der Waals surface area contributed by atoms with Crippen LogP contribution in [0.5, 0.6) is 5.75 Å². The number of fused-ring (bicyclic) bond motifs is 4. The zero-order chi connectivity index (χ0) is 41.2. The van der Waals surface area contributed by atoms with E-state index < -0.39 is 5.97 Å². The number of hydrogen-bond donors (Lipinski definition) is 2. The number of carboxylic acids is 1. The Labute approximate surface area is 346 Å². The third kappa shape index (κ3) is 6.65. The van der Waals surface area contributed by atoms with Gasteiger partial charge in [0, 0.05) is 77.4 Å². The number of rotatable bonds is 11. The molecule has 1 amide bonds. The summed E-state index contributed by atoms with van der Waals surface area (Å²) in [6, 6.07) is 17.1. The number of carbonyl (C=O) groups is 2. The Balaban J connectivity index is 1.27. The van der Waals surface area contributed by atoms with Crippen molar-refractivity contribution < 1.29 is 19.4 Å². The van der Waals surface area contributed by atoms with Crippen molar-refractivity contribution >= 4 is 68.3 Å². The van der Waals surface area contributed by atoms with Gasteiger partial charge in [0.1, 0.15) is 11.4 Å². The third-order valence-corrected chi connectivity index (χ3v) is 12.3. The van der Waals surface area contributed by atoms with E-state index in [2.05, 4.69) is 21.8 Å². The first kappa shape index (κ1) is 39.1. The highest BCUT2D eigenvalue weighted by Gasteiger charge is 2.38. The molecule has 8 rings (SSSR count). The number of aromatic carboxylic acids is 1. The fourth-order valence-electron chi connectivity index (χ4n) is 8.63. The van der Waals surface area contributed by atoms with Crippen LogP contribution in [0.15, 0.2) is 67.0 Å². The van der Waals surface area contributed by atoms with Crippen molar-refractivity contribution in [3.8, 4) is 16.9 Å². The number of carboxylic acid groups (broad SMARTS) is 1. The molecule has 298 valence electrons. The Hall–Kier alpha value is -5.78. The normalized spacial score (nSPS) is 14.1. The first-order chi connectivity index (χ1) is 27.7. The molecule has 1 unspecified atom stereocenters. The van der Waals surface area contributed by atoms with E-state index in [1.54, 1.807) is 21.9 Å². The predicted molar refractivity (Wildman–Crippen MR) is 231 cm³/mol. The van der Waals surface area contributed by atoms with Crippen molar-refractivity contribution in [3.63, 3.8) is 0 Å². The van der Waals surface area contributed by atoms with Gasteiger partial charge in [0.15, 0.2) is 0 Å². The summed E-state index contributed by atoms with van der Waals surface area (Å²) in [5.74, 6) is -0.479. The Bertz CT molecular complexity index is 2760. The highest BCUT2D eigenvalue weighted by Crippen LogP contribution is 2.46. The lowest BCUT2D eigenvalue weighted by Gasteiger charge is -2.35. The molecule has 4 aromatic heterocycles. The second-order valence-electron chi connectivity index (χ2n) is 15.3. The van der Waals surface area contributed by atoms with E-state index in [9.17, 15) is 9.90 Å². The van der Waals surface area contributed by atoms with Gasteiger partial charge in [-0.05, 0) is 107 Å². The Morgan fingerprint density at radius 1 is 0.983 bits per heavy atom. The van der Waals surface area contributed by atoms with Crippen LogP contribution in [0.4, 0.5) is 11.4 Å². The number of halogens is 2. The highest BCUT2D eigenvalue weighted by molar-refractivity contribution is 6.35. The number of pyridine rings is 1. The number of amides is 1. The maximum atomic E-state index is 15.4. The van der Waals surface area contributed by atoms with Crippen molar-refractivity contribution in [2.24, 2.45) is 14.1 Å². The molecule has 0 radical (unpaired) electrons. The summed E-state index contributed by atoms with van der Waals surface area (Å²) in [5.41, 5.74) is 10.8. The van der Waals surface area contributed by atoms with Gasteiger partial charge in [-0.25, -0.2) is 4.79 Å². The van der Waals surface area contributed by atoms with Crippen molar-refractivity contribution in [2.75, 3.05) is 23.4 Å². The first-order valence-electron chi connectivity index (χ1n) is 19.3. The molecule has 0 aliphatic carbocycles. The molecule has 1 aliphatic rings. The Kier molecular flexibility index (Phi) is 10.2. The summed E-state index contributed by atoms with van der Waals surface area (Å²) in [6.45, 7) is 11.2. The van der Waals surface area contributed by atoms with Crippen molar-refractivity contribution in [1.82, 2.24) is 23.9 Å². The van der Waals surface area contributed by atoms with Crippen LogP contribution in [-0.4, -0.2) is 54.0 Å². The molecule has 0 spiro atoms. The average molecular weight is 819 g/mol. The molecule has 7 aromatic rings. The molecule has 13 heteroatoms. The predicted octanol–water partition coefficient (Wildman–Crippen LogP) is 10.0. The van der Waals surface area contributed by atoms with E-state index in [-0.39, 0.29) is 17.5 Å². The summed E-state index contributed by atoms with van der Waals surface area (Å²) in [4.78, 5) is 34.2. The standard InChI is InChI=1S/C45H45Cl2N7O4/c1-24-17-31(18-25(2)40(24)47)58-16-10-12-32-33-13-14-36(46)39(38-27(4)50-52(7)28(38)5)42(33)54-26(3)22-53(44(55)43(32)54)37-20-30(49-21-29-11-8-9-15-48-29)19-34-35(45(56)57)23-51(6)41(34)37/h8-9,11,13-15,17-20,23,26,49H,10,12,16,21-22H2,1-7H3,(H,56,57). The van der Waals surface area contributed by atoms with E-state index in [0.717, 1.165) is 66.6 Å². The SMILES string of the molecule is Cc1cc(OCCCc2c3n(c4c(-c5c(C)nn(C)c5C)c(Cl)ccc24)C(C)CN(c2cc(NCc4ccccn4)cc4c(C(=O)O)cn(C)c24)C3=O)cc(C)c1Cl. The minimum absolute atomic E-state index is 0.153. The van der Waals surface area contributed by atoms with Crippen LogP contribution in [0, 0.1) is 27.7 Å². The van der Waals surface area contributed by atoms with Crippen molar-refractivity contribution in [2.45, 2.75) is 60.0 Å². The number of hydrogen-bond acceptors (Lipinski definition) is 6. The molecule has 1 atom stereocenters. The van der Waals surface area contributed by atoms with Crippen LogP contribution in [0.25, 0.3) is 32.9 Å². The van der Waals surface area contributed by atoms with Crippen LogP contribution in [0.2, 0.25) is 10.0 Å². The smallest absolute Gasteiger partial charge is 0.337 e. The number of carbonyl (C=O) groups excluding carboxylic acids is 1. The fourth-order valence-corrected chi connectivity index (χ4v) is 8.99. The zero-order valence-corrected chi connectivity index (χ0v) is 35.1. The summed E-state index contributed by atoms with van der Waals surface area (Å²) >= 11 is 13.6. The van der Waals surface area contributed by atoms with Gasteiger partial charge in [-0.15, -0.1) is 0 Å². The maximum Gasteiger partial charge on any atom is 0.337 e. The number of ether oxygens (including phenoxy) is 1. The molecule has 3 aromatic carbocycles. The lowest BCUT2D eigenvalue weighted by Crippen LogP contribution is -2.43. The highest BCUT2D eigenvalue weighted by atomic mass is 35.5. The van der Waals surface area contributed by atoms with Gasteiger partial charge in [-0.2, -0.15) is 5.10 Å². The third-order valence-electron chi connectivity index (χ3n) is 11.3. The molecule has 1 aliphatic heterocycles. The van der Waals surface area contributed by atoms with Gasteiger partial charge >= 0.3 is 5.97 Å². The van der Waals surface area contributed by atoms with Crippen LogP contribution in [0.1, 0.15) is 74.0 Å². The average Bonchev–Trinajstić information content (AvgIpc) is 3.80. The molecule has 0 saturated carbocycles. The monoisotopic (exact) mass is 817 g/mol. The fraction of sp³-hybridized carbons (Fsp3) is 0.289. The Morgan fingerprint density at radius 3 is 2.41 bits per heavy atom. The lowest BCUT2D eigenvalue weighted by molar-refractivity contribution is 0.0698. The van der Waals surface area contributed by atoms with Crippen molar-refractivity contribution in [1.29, 1.82) is 0 Å². The van der Waals surface area contributed by atoms with Crippen LogP contribution in [0.3, 0.4) is 0 Å². The molecule has 0 bridgehead atoms. The van der Waals surface area contributed by atoms with Crippen LogP contribution < -0.4 is 15.0 Å². The molecule has 0 fully saturated rings. The number of anilines is 2. The molecule has 11 nitrogen and oxygen atoms in total. The van der Waals surface area contributed by atoms with Crippen molar-refractivity contribution in [3.05, 3.63) is 122 Å². The minimum Gasteiger partial charge on any atom is -0.494 e. The molecule has 2 N–H and O–H groups in total. The van der Waals surface area contributed by atoms with E-state index >= 15 is 4.79 Å². The van der Waals surface area contributed by atoms with Gasteiger partial charge in [0.25, 0.3) is 5.91 Å². The van der Waals surface area contributed by atoms with E-state index in [1.165, 1.54) is 0 Å². The number of nitrogens with zero attached hydrogens (tertiary/aromatic N) is 6. The number of nitrogens with one attached hydrogen (secondary N) is 1. The van der Waals surface area contributed by atoms with E-state index in [4.69, 9.17) is 33.0 Å². The number of aromatic nitrogens is 5.